The molecule has 5 nitrogen and oxygen atoms in total. The van der Waals surface area contributed by atoms with Crippen molar-refractivity contribution in [3.63, 3.8) is 0 Å². The molecule has 1 saturated carbocycles. The van der Waals surface area contributed by atoms with Gasteiger partial charge in [0.25, 0.3) is 5.91 Å². The lowest BCUT2D eigenvalue weighted by Crippen LogP contribution is -2.43. The summed E-state index contributed by atoms with van der Waals surface area (Å²) in [7, 11) is 0. The highest BCUT2D eigenvalue weighted by molar-refractivity contribution is 5.97. The number of unbranched alkanes of at least 4 members (excludes halogenated alkanes) is 1. The first-order valence-electron chi connectivity index (χ1n) is 8.24. The Morgan fingerprint density at radius 2 is 2.09 bits per heavy atom. The Hall–Kier alpha value is -1.62. The van der Waals surface area contributed by atoms with Crippen molar-refractivity contribution >= 4 is 11.6 Å². The molecule has 1 aromatic rings. The number of carbonyl (C=O) groups is 1. The second-order valence-electron chi connectivity index (χ2n) is 5.68. The molecule has 1 N–H and O–H groups in total. The maximum Gasteiger partial charge on any atom is 0.256 e. The molecule has 5 heteroatoms. The molecule has 0 bridgehead atoms. The SMILES string of the molecule is CCCCOc1ccc(NC(=O)C2(OCC)CCCC2)cn1. The van der Waals surface area contributed by atoms with Gasteiger partial charge in [-0.3, -0.25) is 4.79 Å². The molecule has 22 heavy (non-hydrogen) atoms. The van der Waals surface area contributed by atoms with Crippen molar-refractivity contribution in [1.29, 1.82) is 0 Å². The molecule has 1 heterocycles. The lowest BCUT2D eigenvalue weighted by molar-refractivity contribution is -0.140. The van der Waals surface area contributed by atoms with Crippen LogP contribution >= 0.6 is 0 Å². The second kappa shape index (κ2) is 8.13. The van der Waals surface area contributed by atoms with Crippen LogP contribution in [0.2, 0.25) is 0 Å². The van der Waals surface area contributed by atoms with E-state index in [9.17, 15) is 4.79 Å². The summed E-state index contributed by atoms with van der Waals surface area (Å²) in [4.78, 5) is 16.7. The molecule has 0 aromatic carbocycles. The third kappa shape index (κ3) is 4.19. The van der Waals surface area contributed by atoms with Gasteiger partial charge in [0, 0.05) is 12.7 Å². The van der Waals surface area contributed by atoms with Gasteiger partial charge in [-0.15, -0.1) is 0 Å². The number of anilines is 1. The number of pyridine rings is 1. The van der Waals surface area contributed by atoms with Crippen molar-refractivity contribution in [2.75, 3.05) is 18.5 Å². The Balaban J connectivity index is 1.93. The number of aromatic nitrogens is 1. The van der Waals surface area contributed by atoms with Crippen molar-refractivity contribution in [1.82, 2.24) is 4.98 Å². The molecule has 0 saturated heterocycles. The number of ether oxygens (including phenoxy) is 2. The second-order valence-corrected chi connectivity index (χ2v) is 5.68. The van der Waals surface area contributed by atoms with E-state index in [1.165, 1.54) is 0 Å². The van der Waals surface area contributed by atoms with E-state index in [4.69, 9.17) is 9.47 Å². The van der Waals surface area contributed by atoms with Crippen molar-refractivity contribution in [2.45, 2.75) is 58.0 Å². The van der Waals surface area contributed by atoms with E-state index < -0.39 is 5.60 Å². The third-order valence-electron chi connectivity index (χ3n) is 3.99. The molecular weight excluding hydrogens is 280 g/mol. The molecule has 1 amide bonds. The lowest BCUT2D eigenvalue weighted by Gasteiger charge is -2.27. The van der Waals surface area contributed by atoms with E-state index in [0.29, 0.717) is 24.8 Å². The van der Waals surface area contributed by atoms with Crippen LogP contribution < -0.4 is 10.1 Å². The molecule has 0 aliphatic heterocycles. The van der Waals surface area contributed by atoms with Gasteiger partial charge in [0.05, 0.1) is 18.5 Å². The minimum atomic E-state index is -0.662. The number of hydrogen-bond acceptors (Lipinski definition) is 4. The maximum absolute atomic E-state index is 12.5. The normalized spacial score (nSPS) is 16.5. The van der Waals surface area contributed by atoms with Crippen molar-refractivity contribution in [3.05, 3.63) is 18.3 Å². The van der Waals surface area contributed by atoms with Gasteiger partial charge < -0.3 is 14.8 Å². The van der Waals surface area contributed by atoms with Crippen LogP contribution in [-0.2, 0) is 9.53 Å². The molecule has 1 aliphatic rings. The highest BCUT2D eigenvalue weighted by Gasteiger charge is 2.41. The standard InChI is InChI=1S/C17H26N2O3/c1-3-5-12-21-15-9-8-14(13-18-15)19-16(20)17(22-4-2)10-6-7-11-17/h8-9,13H,3-7,10-12H2,1-2H3,(H,19,20). The Bertz CT molecular complexity index is 467. The highest BCUT2D eigenvalue weighted by atomic mass is 16.5. The predicted molar refractivity (Wildman–Crippen MR) is 86.1 cm³/mol. The zero-order valence-electron chi connectivity index (χ0n) is 13.6. The van der Waals surface area contributed by atoms with E-state index in [1.807, 2.05) is 13.0 Å². The van der Waals surface area contributed by atoms with Crippen LogP contribution in [0.15, 0.2) is 18.3 Å². The van der Waals surface area contributed by atoms with E-state index >= 15 is 0 Å². The first-order chi connectivity index (χ1) is 10.7. The molecule has 0 unspecified atom stereocenters. The zero-order valence-corrected chi connectivity index (χ0v) is 13.6. The quantitative estimate of drug-likeness (QED) is 0.746. The zero-order chi connectivity index (χ0) is 15.8. The summed E-state index contributed by atoms with van der Waals surface area (Å²) < 4.78 is 11.3. The van der Waals surface area contributed by atoms with Gasteiger partial charge in [-0.05, 0) is 45.1 Å². The number of rotatable bonds is 8. The molecule has 1 aromatic heterocycles. The molecule has 1 fully saturated rings. The fraction of sp³-hybridized carbons (Fsp3) is 0.647. The van der Waals surface area contributed by atoms with E-state index in [2.05, 4.69) is 17.2 Å². The van der Waals surface area contributed by atoms with Gasteiger partial charge in [0.2, 0.25) is 5.88 Å². The van der Waals surface area contributed by atoms with Crippen LogP contribution in [-0.4, -0.2) is 29.7 Å². The topological polar surface area (TPSA) is 60.5 Å². The van der Waals surface area contributed by atoms with E-state index in [-0.39, 0.29) is 5.91 Å². The minimum absolute atomic E-state index is 0.0618. The first kappa shape index (κ1) is 16.7. The largest absolute Gasteiger partial charge is 0.478 e. The summed E-state index contributed by atoms with van der Waals surface area (Å²) in [6, 6.07) is 3.61. The van der Waals surface area contributed by atoms with E-state index in [1.54, 1.807) is 12.3 Å². The monoisotopic (exact) mass is 306 g/mol. The summed E-state index contributed by atoms with van der Waals surface area (Å²) in [5.41, 5.74) is 0.0178. The molecular formula is C17H26N2O3. The highest BCUT2D eigenvalue weighted by Crippen LogP contribution is 2.34. The van der Waals surface area contributed by atoms with Crippen LogP contribution in [0.5, 0.6) is 5.88 Å². The van der Waals surface area contributed by atoms with Crippen LogP contribution in [0.25, 0.3) is 0 Å². The fourth-order valence-electron chi connectivity index (χ4n) is 2.77. The van der Waals surface area contributed by atoms with Gasteiger partial charge in [-0.25, -0.2) is 4.98 Å². The van der Waals surface area contributed by atoms with Crippen LogP contribution in [0, 0.1) is 0 Å². The number of nitrogens with zero attached hydrogens (tertiary/aromatic N) is 1. The summed E-state index contributed by atoms with van der Waals surface area (Å²) in [6.45, 7) is 5.27. The average Bonchev–Trinajstić information content (AvgIpc) is 3.00. The number of hydrogen-bond donors (Lipinski definition) is 1. The van der Waals surface area contributed by atoms with Crippen LogP contribution in [0.3, 0.4) is 0 Å². The van der Waals surface area contributed by atoms with Crippen LogP contribution in [0.4, 0.5) is 5.69 Å². The summed E-state index contributed by atoms with van der Waals surface area (Å²) >= 11 is 0. The van der Waals surface area contributed by atoms with Crippen LogP contribution in [0.1, 0.15) is 52.4 Å². The summed E-state index contributed by atoms with van der Waals surface area (Å²) in [6.07, 6.45) is 7.39. The third-order valence-corrected chi connectivity index (χ3v) is 3.99. The van der Waals surface area contributed by atoms with Crippen molar-refractivity contribution < 1.29 is 14.3 Å². The van der Waals surface area contributed by atoms with Crippen molar-refractivity contribution in [2.24, 2.45) is 0 Å². The number of amides is 1. The average molecular weight is 306 g/mol. The van der Waals surface area contributed by atoms with Gasteiger partial charge in [-0.2, -0.15) is 0 Å². The van der Waals surface area contributed by atoms with Gasteiger partial charge >= 0.3 is 0 Å². The molecule has 0 radical (unpaired) electrons. The van der Waals surface area contributed by atoms with Gasteiger partial charge in [-0.1, -0.05) is 13.3 Å². The van der Waals surface area contributed by atoms with Crippen molar-refractivity contribution in [3.8, 4) is 5.88 Å². The lowest BCUT2D eigenvalue weighted by atomic mass is 10.0. The Labute approximate surface area is 132 Å². The first-order valence-corrected chi connectivity index (χ1v) is 8.24. The molecule has 1 aliphatic carbocycles. The number of carbonyl (C=O) groups excluding carboxylic acids is 1. The number of nitrogens with one attached hydrogen (secondary N) is 1. The Morgan fingerprint density at radius 3 is 2.68 bits per heavy atom. The maximum atomic E-state index is 12.5. The Kier molecular flexibility index (Phi) is 6.19. The van der Waals surface area contributed by atoms with Gasteiger partial charge in [0.1, 0.15) is 5.60 Å². The minimum Gasteiger partial charge on any atom is -0.478 e. The van der Waals surface area contributed by atoms with E-state index in [0.717, 1.165) is 38.5 Å². The predicted octanol–water partition coefficient (Wildman–Crippen LogP) is 3.55. The molecule has 0 atom stereocenters. The molecule has 0 spiro atoms. The van der Waals surface area contributed by atoms with Gasteiger partial charge in [0.15, 0.2) is 0 Å². The summed E-state index contributed by atoms with van der Waals surface area (Å²) in [5, 5.41) is 2.92. The fourth-order valence-corrected chi connectivity index (χ4v) is 2.77. The molecule has 122 valence electrons. The summed E-state index contributed by atoms with van der Waals surface area (Å²) in [5.74, 6) is 0.528. The smallest absolute Gasteiger partial charge is 0.256 e. The molecule has 2 rings (SSSR count). The Morgan fingerprint density at radius 1 is 1.32 bits per heavy atom.